The lowest BCUT2D eigenvalue weighted by Crippen LogP contribution is -2.56. The second-order valence-corrected chi connectivity index (χ2v) is 20.2. The zero-order chi connectivity index (χ0) is 60.1. The molecule has 0 spiro atoms. The van der Waals surface area contributed by atoms with E-state index >= 15 is 0 Å². The fourth-order valence-corrected chi connectivity index (χ4v) is 9.15. The predicted octanol–water partition coefficient (Wildman–Crippen LogP) is -1.85. The fourth-order valence-electron chi connectivity index (χ4n) is 9.15. The van der Waals surface area contributed by atoms with Crippen LogP contribution in [0.2, 0.25) is 0 Å². The van der Waals surface area contributed by atoms with E-state index in [9.17, 15) is 72.5 Å². The van der Waals surface area contributed by atoms with Crippen LogP contribution in [0.4, 0.5) is 14.5 Å². The van der Waals surface area contributed by atoms with Gasteiger partial charge in [-0.3, -0.25) is 78.0 Å². The zero-order valence-corrected chi connectivity index (χ0v) is 46.0. The number of hydrogen-bond donors (Lipinski definition) is 8. The summed E-state index contributed by atoms with van der Waals surface area (Å²) in [6, 6.07) is 12.5. The summed E-state index contributed by atoms with van der Waals surface area (Å²) in [5.41, 5.74) is 7.46. The summed E-state index contributed by atoms with van der Waals surface area (Å²) in [6.07, 6.45) is 0.699. The summed E-state index contributed by atoms with van der Waals surface area (Å²) in [6.45, 7) is -2.28. The topological polar surface area (TPSA) is 360 Å². The molecule has 29 heteroatoms. The van der Waals surface area contributed by atoms with Crippen LogP contribution in [0.3, 0.4) is 0 Å². The first-order valence-corrected chi connectivity index (χ1v) is 26.3. The van der Waals surface area contributed by atoms with Crippen molar-refractivity contribution in [1.29, 1.82) is 5.26 Å². The second kappa shape index (κ2) is 30.9. The van der Waals surface area contributed by atoms with Crippen LogP contribution < -0.4 is 31.9 Å². The number of carboxylic acids is 3. The molecular weight excluding hydrogens is 1080 g/mol. The van der Waals surface area contributed by atoms with Gasteiger partial charge in [-0.2, -0.15) is 5.26 Å². The minimum absolute atomic E-state index is 0.00835. The van der Waals surface area contributed by atoms with Crippen LogP contribution in [0.15, 0.2) is 65.8 Å². The number of amides is 6. The van der Waals surface area contributed by atoms with Gasteiger partial charge in [0.15, 0.2) is 5.96 Å². The van der Waals surface area contributed by atoms with Gasteiger partial charge in [0.2, 0.25) is 29.5 Å². The number of nitrogens with two attached hydrogens (primary N) is 1. The van der Waals surface area contributed by atoms with Crippen molar-refractivity contribution in [2.75, 3.05) is 131 Å². The molecule has 444 valence electrons. The van der Waals surface area contributed by atoms with Gasteiger partial charge in [-0.15, -0.1) is 0 Å². The Morgan fingerprint density at radius 3 is 1.90 bits per heavy atom. The highest BCUT2D eigenvalue weighted by Gasteiger charge is 2.47. The maximum Gasteiger partial charge on any atom is 0.317 e. The van der Waals surface area contributed by atoms with E-state index in [1.165, 1.54) is 17.2 Å². The number of aliphatic imine (C=N–C) groups is 1. The number of likely N-dealkylation sites (N-methyl/N-ethyl adjacent to an activating group) is 1. The van der Waals surface area contributed by atoms with Crippen LogP contribution >= 0.6 is 0 Å². The van der Waals surface area contributed by atoms with Crippen molar-refractivity contribution in [2.45, 2.75) is 49.7 Å². The Balaban J connectivity index is 1.31. The lowest BCUT2D eigenvalue weighted by Gasteiger charge is -2.32. The molecule has 0 unspecified atom stereocenters. The van der Waals surface area contributed by atoms with Crippen molar-refractivity contribution < 1.29 is 67.3 Å². The van der Waals surface area contributed by atoms with Crippen molar-refractivity contribution in [2.24, 2.45) is 10.7 Å². The maximum absolute atomic E-state index is 14.4. The number of halogens is 2. The van der Waals surface area contributed by atoms with Crippen LogP contribution in [-0.4, -0.2) is 259 Å². The summed E-state index contributed by atoms with van der Waals surface area (Å²) in [4.78, 5) is 137. The van der Waals surface area contributed by atoms with E-state index in [1.807, 2.05) is 0 Å². The summed E-state index contributed by atoms with van der Waals surface area (Å²) in [7, 11) is 4.96. The van der Waals surface area contributed by atoms with Crippen molar-refractivity contribution in [3.05, 3.63) is 71.9 Å². The first-order valence-electron chi connectivity index (χ1n) is 26.3. The third-order valence-corrected chi connectivity index (χ3v) is 13.5. The quantitative estimate of drug-likeness (QED) is 0.0277. The van der Waals surface area contributed by atoms with Gasteiger partial charge in [-0.05, 0) is 42.7 Å². The average molecular weight is 1150 g/mol. The normalized spacial score (nSPS) is 17.4. The molecule has 0 radical (unpaired) electrons. The number of guanidine groups is 1. The molecule has 5 rings (SSSR count). The van der Waals surface area contributed by atoms with Gasteiger partial charge in [0.1, 0.15) is 18.1 Å². The number of anilines is 1. The smallest absolute Gasteiger partial charge is 0.317 e. The Morgan fingerprint density at radius 2 is 1.35 bits per heavy atom. The van der Waals surface area contributed by atoms with Crippen molar-refractivity contribution in [3.63, 3.8) is 0 Å². The molecule has 0 bridgehead atoms. The van der Waals surface area contributed by atoms with E-state index in [2.05, 4.69) is 31.2 Å². The lowest BCUT2D eigenvalue weighted by molar-refractivity contribution is -0.140. The number of nitrogens with one attached hydrogen (secondary N) is 4. The van der Waals surface area contributed by atoms with Gasteiger partial charge in [-0.1, -0.05) is 30.3 Å². The average Bonchev–Trinajstić information content (AvgIpc) is 3.82. The highest BCUT2D eigenvalue weighted by molar-refractivity contribution is 6.08. The summed E-state index contributed by atoms with van der Waals surface area (Å²) >= 11 is 0. The molecule has 3 aromatic rings. The first kappa shape index (κ1) is 64.4. The molecule has 1 aromatic heterocycles. The van der Waals surface area contributed by atoms with E-state index in [0.29, 0.717) is 22.2 Å². The Morgan fingerprint density at radius 1 is 0.780 bits per heavy atom. The number of aliphatic carboxylic acids is 3. The van der Waals surface area contributed by atoms with Crippen LogP contribution in [-0.2, 0) is 44.8 Å². The van der Waals surface area contributed by atoms with Gasteiger partial charge in [0.05, 0.1) is 63.0 Å². The van der Waals surface area contributed by atoms with Crippen LogP contribution in [0, 0.1) is 11.3 Å². The lowest BCUT2D eigenvalue weighted by atomic mass is 10.0. The number of carbonyl (C=O) groups excluding carboxylic acids is 6. The van der Waals surface area contributed by atoms with Crippen molar-refractivity contribution >= 4 is 75.9 Å². The molecule has 2 aromatic carbocycles. The largest absolute Gasteiger partial charge is 0.480 e. The number of carbonyl (C=O) groups is 9. The van der Waals surface area contributed by atoms with Crippen LogP contribution in [0.1, 0.15) is 35.2 Å². The number of fused-ring (bicyclic) bond motifs is 1. The standard InChI is InChI=1S/C53H71F2N15O12/c1-64(2)52(57)59-14-7-10-41(61-43(71)29-65(3)36-11-12-40-39(25-36)38(13-15-58-40)49(80)60-28-45(73)70-34-53(54,55)26-37(70)27-56)50(81)62-42(24-35-8-5-4-6-9-35)51(82)63-44(72)30-66-16-18-67(31-46(74)75)20-22-69(33-48(78)79)23-21-68(19-17-66)32-47(76)77/h4-6,8-9,11-13,15,25,37,41-42H,7,10,14,16-24,26,28-34H2,1-3H3,(H2,57,59)(H,60,80)(H,61,71)(H,62,81)(H,74,75)(H,76,77)(H,78,79)(H,63,72,82)/t37-,41-,42-/m0/s1. The number of likely N-dealkylation sites (tertiary alicyclic amines) is 1. The summed E-state index contributed by atoms with van der Waals surface area (Å²) in [5.74, 6) is -11.1. The van der Waals surface area contributed by atoms with Gasteiger partial charge in [0.25, 0.3) is 11.8 Å². The molecule has 2 aliphatic rings. The number of nitriles is 1. The number of benzene rings is 2. The molecule has 2 aliphatic heterocycles. The zero-order valence-electron chi connectivity index (χ0n) is 46.0. The molecular formula is C53H71F2N15O12. The third-order valence-electron chi connectivity index (χ3n) is 13.5. The number of aromatic nitrogens is 1. The number of alkyl halides is 2. The number of hydrogen-bond acceptors (Lipinski definition) is 17. The Hall–Kier alpha value is -8.46. The van der Waals surface area contributed by atoms with Crippen molar-refractivity contribution in [3.8, 4) is 6.07 Å². The molecule has 9 N–H and O–H groups in total. The Labute approximate surface area is 472 Å². The minimum Gasteiger partial charge on any atom is -0.480 e. The molecule has 0 aliphatic carbocycles. The minimum atomic E-state index is -3.25. The number of carboxylic acid groups (broad SMARTS) is 3. The highest BCUT2D eigenvalue weighted by Crippen LogP contribution is 2.31. The van der Waals surface area contributed by atoms with Gasteiger partial charge in [-0.25, -0.2) is 8.78 Å². The Kier molecular flexibility index (Phi) is 24.3. The number of pyridine rings is 1. The molecule has 3 atom stereocenters. The second-order valence-electron chi connectivity index (χ2n) is 20.2. The number of rotatable bonds is 24. The SMILES string of the molecule is CN(C)C(N)=NCCC[C@H](NC(=O)CN(C)c1ccc2nccc(C(=O)NCC(=O)N3CC(F)(F)C[C@H]3C#N)c2c1)C(=O)N[C@@H](Cc1ccccc1)C(=O)NC(=O)CN1CCN(CC(=O)O)CCN(CC(=O)O)CCN(CC(=O)O)CC1. The van der Waals surface area contributed by atoms with E-state index in [0.717, 1.165) is 4.90 Å². The molecule has 82 heavy (non-hydrogen) atoms. The van der Waals surface area contributed by atoms with Gasteiger partial charge < -0.3 is 51.7 Å². The number of nitrogens with zero attached hydrogens (tertiary/aromatic N) is 10. The van der Waals surface area contributed by atoms with Gasteiger partial charge >= 0.3 is 17.9 Å². The molecule has 2 fully saturated rings. The highest BCUT2D eigenvalue weighted by atomic mass is 19.3. The van der Waals surface area contributed by atoms with E-state index < -0.39 is 103 Å². The first-order chi connectivity index (χ1) is 38.9. The van der Waals surface area contributed by atoms with E-state index in [4.69, 9.17) is 5.73 Å². The fraction of sp³-hybridized carbons (Fsp3) is 0.509. The maximum atomic E-state index is 14.4. The van der Waals surface area contributed by atoms with Crippen molar-refractivity contribution in [1.82, 2.24) is 55.7 Å². The molecule has 2 saturated heterocycles. The van der Waals surface area contributed by atoms with Crippen LogP contribution in [0.5, 0.6) is 0 Å². The Bertz CT molecular complexity index is 2810. The third kappa shape index (κ3) is 20.9. The monoisotopic (exact) mass is 1150 g/mol. The van der Waals surface area contributed by atoms with E-state index in [1.54, 1.807) is 100 Å². The molecule has 27 nitrogen and oxygen atoms in total. The summed E-state index contributed by atoms with van der Waals surface area (Å²) < 4.78 is 28.0. The molecule has 0 saturated carbocycles. The van der Waals surface area contributed by atoms with Crippen LogP contribution in [0.25, 0.3) is 10.9 Å². The molecule has 3 heterocycles. The van der Waals surface area contributed by atoms with Gasteiger partial charge in [0, 0.05) is 110 Å². The predicted molar refractivity (Wildman–Crippen MR) is 293 cm³/mol. The molecule has 6 amide bonds. The summed E-state index contributed by atoms with van der Waals surface area (Å²) in [5, 5.41) is 48.7. The van der Waals surface area contributed by atoms with E-state index in [-0.39, 0.29) is 116 Å². The number of imide groups is 1.